The summed E-state index contributed by atoms with van der Waals surface area (Å²) in [5, 5.41) is 9.88. The van der Waals surface area contributed by atoms with Crippen molar-refractivity contribution in [2.75, 3.05) is 38.2 Å². The molecule has 0 spiro atoms. The Balaban J connectivity index is 1.60. The number of ether oxygens (including phenoxy) is 1. The maximum Gasteiger partial charge on any atom is 0.319 e. The lowest BCUT2D eigenvalue weighted by molar-refractivity contribution is 0.0122. The first-order chi connectivity index (χ1) is 12.2. The Morgan fingerprint density at radius 1 is 1.36 bits per heavy atom. The lowest BCUT2D eigenvalue weighted by Crippen LogP contribution is -2.44. The number of hydrogen-bond acceptors (Lipinski definition) is 5. The van der Waals surface area contributed by atoms with E-state index in [1.807, 2.05) is 26.0 Å². The van der Waals surface area contributed by atoms with Crippen molar-refractivity contribution in [3.05, 3.63) is 36.0 Å². The van der Waals surface area contributed by atoms with Crippen molar-refractivity contribution < 1.29 is 13.9 Å². The highest BCUT2D eigenvalue weighted by atomic mass is 16.5. The van der Waals surface area contributed by atoms with Crippen LogP contribution in [0.2, 0.25) is 0 Å². The Kier molecular flexibility index (Phi) is 5.72. The van der Waals surface area contributed by atoms with Gasteiger partial charge in [0.25, 0.3) is 0 Å². The summed E-state index contributed by atoms with van der Waals surface area (Å²) >= 11 is 0. The normalized spacial score (nSPS) is 16.6. The molecule has 136 valence electrons. The Bertz CT molecular complexity index is 690. The highest BCUT2D eigenvalue weighted by molar-refractivity contribution is 5.88. The molecule has 3 rings (SSSR count). The first-order valence-electron chi connectivity index (χ1n) is 8.61. The molecule has 8 nitrogen and oxygen atoms in total. The van der Waals surface area contributed by atoms with Crippen LogP contribution in [-0.2, 0) is 11.3 Å². The van der Waals surface area contributed by atoms with Crippen LogP contribution in [0.1, 0.15) is 24.5 Å². The second-order valence-corrected chi connectivity index (χ2v) is 6.03. The smallest absolute Gasteiger partial charge is 0.319 e. The fourth-order valence-electron chi connectivity index (χ4n) is 2.90. The number of carbonyl (C=O) groups is 1. The van der Waals surface area contributed by atoms with Gasteiger partial charge in [0.05, 0.1) is 31.1 Å². The van der Waals surface area contributed by atoms with Gasteiger partial charge in [0, 0.05) is 32.4 Å². The number of hydrogen-bond donors (Lipinski definition) is 2. The fraction of sp³-hybridized carbons (Fsp3) is 0.529. The standard InChI is InChI=1S/C17H25N5O3/c1-3-22-12-14(10-19-22)20-17(23)18-11-15(16-5-4-13(2)25-16)21-6-8-24-9-7-21/h4-5,10,12,15H,3,6-9,11H2,1-2H3,(H2,18,20,23)/t15-/m1/s1. The molecular formula is C17H25N5O3. The number of furan rings is 1. The second kappa shape index (κ2) is 8.17. The zero-order valence-corrected chi connectivity index (χ0v) is 14.7. The molecule has 1 saturated heterocycles. The van der Waals surface area contributed by atoms with Gasteiger partial charge >= 0.3 is 6.03 Å². The number of nitrogens with one attached hydrogen (secondary N) is 2. The molecule has 0 bridgehead atoms. The van der Waals surface area contributed by atoms with Gasteiger partial charge in [-0.1, -0.05) is 0 Å². The fourth-order valence-corrected chi connectivity index (χ4v) is 2.90. The molecule has 1 atom stereocenters. The Hall–Kier alpha value is -2.32. The molecule has 25 heavy (non-hydrogen) atoms. The molecule has 1 fully saturated rings. The monoisotopic (exact) mass is 347 g/mol. The molecule has 0 aliphatic carbocycles. The number of aryl methyl sites for hydroxylation is 2. The minimum Gasteiger partial charge on any atom is -0.465 e. The van der Waals surface area contributed by atoms with E-state index in [0.29, 0.717) is 25.4 Å². The van der Waals surface area contributed by atoms with Crippen molar-refractivity contribution in [3.8, 4) is 0 Å². The number of nitrogens with zero attached hydrogens (tertiary/aromatic N) is 3. The van der Waals surface area contributed by atoms with Gasteiger partial charge in [-0.2, -0.15) is 5.10 Å². The van der Waals surface area contributed by atoms with Crippen LogP contribution in [-0.4, -0.2) is 53.6 Å². The van der Waals surface area contributed by atoms with Crippen LogP contribution in [0.4, 0.5) is 10.5 Å². The van der Waals surface area contributed by atoms with Crippen LogP contribution in [0.15, 0.2) is 28.9 Å². The molecule has 2 aromatic heterocycles. The summed E-state index contributed by atoms with van der Waals surface area (Å²) in [5.74, 6) is 1.73. The Morgan fingerprint density at radius 2 is 2.16 bits per heavy atom. The van der Waals surface area contributed by atoms with Gasteiger partial charge in [0.2, 0.25) is 0 Å². The Morgan fingerprint density at radius 3 is 2.80 bits per heavy atom. The van der Waals surface area contributed by atoms with Gasteiger partial charge in [-0.3, -0.25) is 9.58 Å². The number of carbonyl (C=O) groups excluding carboxylic acids is 1. The van der Waals surface area contributed by atoms with Crippen LogP contribution >= 0.6 is 0 Å². The van der Waals surface area contributed by atoms with Crippen LogP contribution in [0, 0.1) is 6.92 Å². The number of amides is 2. The van der Waals surface area contributed by atoms with Crippen molar-refractivity contribution in [2.45, 2.75) is 26.4 Å². The summed E-state index contributed by atoms with van der Waals surface area (Å²) in [7, 11) is 0. The van der Waals surface area contributed by atoms with Crippen LogP contribution in [0.3, 0.4) is 0 Å². The minimum absolute atomic E-state index is 0.0123. The average Bonchev–Trinajstić information content (AvgIpc) is 3.25. The summed E-state index contributed by atoms with van der Waals surface area (Å²) < 4.78 is 13.0. The molecular weight excluding hydrogens is 322 g/mol. The number of urea groups is 1. The van der Waals surface area contributed by atoms with E-state index in [0.717, 1.165) is 31.2 Å². The van der Waals surface area contributed by atoms with Gasteiger partial charge in [0.15, 0.2) is 0 Å². The van der Waals surface area contributed by atoms with E-state index >= 15 is 0 Å². The van der Waals surface area contributed by atoms with E-state index in [4.69, 9.17) is 9.15 Å². The molecule has 0 radical (unpaired) electrons. The van der Waals surface area contributed by atoms with E-state index < -0.39 is 0 Å². The molecule has 0 aromatic carbocycles. The number of rotatable bonds is 6. The van der Waals surface area contributed by atoms with E-state index in [1.165, 1.54) is 0 Å². The van der Waals surface area contributed by atoms with Crippen molar-refractivity contribution in [3.63, 3.8) is 0 Å². The molecule has 1 aliphatic heterocycles. The average molecular weight is 347 g/mol. The van der Waals surface area contributed by atoms with Crippen LogP contribution in [0.25, 0.3) is 0 Å². The third-order valence-corrected chi connectivity index (χ3v) is 4.25. The summed E-state index contributed by atoms with van der Waals surface area (Å²) in [4.78, 5) is 14.5. The maximum absolute atomic E-state index is 12.2. The van der Waals surface area contributed by atoms with Gasteiger partial charge in [-0.15, -0.1) is 0 Å². The molecule has 3 heterocycles. The van der Waals surface area contributed by atoms with Gasteiger partial charge in [-0.05, 0) is 26.0 Å². The summed E-state index contributed by atoms with van der Waals surface area (Å²) in [6.45, 7) is 8.16. The highest BCUT2D eigenvalue weighted by Gasteiger charge is 2.25. The number of anilines is 1. The van der Waals surface area contributed by atoms with Crippen LogP contribution in [0.5, 0.6) is 0 Å². The van der Waals surface area contributed by atoms with Gasteiger partial charge < -0.3 is 19.8 Å². The predicted molar refractivity (Wildman–Crippen MR) is 93.5 cm³/mol. The lowest BCUT2D eigenvalue weighted by Gasteiger charge is -2.33. The van der Waals surface area contributed by atoms with Gasteiger partial charge in [0.1, 0.15) is 11.5 Å². The summed E-state index contributed by atoms with van der Waals surface area (Å²) in [6, 6.07) is 3.65. The summed E-state index contributed by atoms with van der Waals surface area (Å²) in [6.07, 6.45) is 3.44. The third kappa shape index (κ3) is 4.61. The maximum atomic E-state index is 12.2. The molecule has 0 saturated carbocycles. The van der Waals surface area contributed by atoms with Crippen molar-refractivity contribution in [1.29, 1.82) is 0 Å². The molecule has 2 N–H and O–H groups in total. The van der Waals surface area contributed by atoms with Crippen molar-refractivity contribution in [2.24, 2.45) is 0 Å². The predicted octanol–water partition coefficient (Wildman–Crippen LogP) is 2.00. The van der Waals surface area contributed by atoms with E-state index in [-0.39, 0.29) is 12.1 Å². The molecule has 1 aliphatic rings. The van der Waals surface area contributed by atoms with Crippen LogP contribution < -0.4 is 10.6 Å². The summed E-state index contributed by atoms with van der Waals surface area (Å²) in [5.41, 5.74) is 0.677. The molecule has 8 heteroatoms. The topological polar surface area (TPSA) is 84.6 Å². The minimum atomic E-state index is -0.253. The van der Waals surface area contributed by atoms with E-state index in [2.05, 4.69) is 20.6 Å². The van der Waals surface area contributed by atoms with Crippen molar-refractivity contribution in [1.82, 2.24) is 20.0 Å². The van der Waals surface area contributed by atoms with Crippen molar-refractivity contribution >= 4 is 11.7 Å². The number of aromatic nitrogens is 2. The quantitative estimate of drug-likeness (QED) is 0.835. The second-order valence-electron chi connectivity index (χ2n) is 6.03. The first kappa shape index (κ1) is 17.5. The van der Waals surface area contributed by atoms with Gasteiger partial charge in [-0.25, -0.2) is 4.79 Å². The number of morpholine rings is 1. The molecule has 0 unspecified atom stereocenters. The Labute approximate surface area is 147 Å². The zero-order valence-electron chi connectivity index (χ0n) is 14.7. The first-order valence-corrected chi connectivity index (χ1v) is 8.61. The van der Waals surface area contributed by atoms with E-state index in [9.17, 15) is 4.79 Å². The lowest BCUT2D eigenvalue weighted by atomic mass is 10.1. The SMILES string of the molecule is CCn1cc(NC(=O)NC[C@H](c2ccc(C)o2)N2CCOCC2)cn1. The largest absolute Gasteiger partial charge is 0.465 e. The molecule has 2 aromatic rings. The van der Waals surface area contributed by atoms with E-state index in [1.54, 1.807) is 17.1 Å². The zero-order chi connectivity index (χ0) is 17.6. The third-order valence-electron chi connectivity index (χ3n) is 4.25. The highest BCUT2D eigenvalue weighted by Crippen LogP contribution is 2.23. The molecule has 2 amide bonds.